The molecule has 0 N–H and O–H groups in total. The molecule has 0 aliphatic heterocycles. The van der Waals surface area contributed by atoms with Crippen molar-refractivity contribution in [2.75, 3.05) is 4.43 Å². The van der Waals surface area contributed by atoms with E-state index in [2.05, 4.69) is 29.5 Å². The van der Waals surface area contributed by atoms with E-state index in [1.165, 1.54) is 5.56 Å². The third-order valence-corrected chi connectivity index (χ3v) is 3.25. The van der Waals surface area contributed by atoms with Crippen LogP contribution in [0.4, 0.5) is 0 Å². The van der Waals surface area contributed by atoms with Gasteiger partial charge in [0.05, 0.1) is 5.56 Å². The second-order valence-corrected chi connectivity index (χ2v) is 6.65. The molecular weight excluding hydrogens is 355 g/mol. The summed E-state index contributed by atoms with van der Waals surface area (Å²) in [6, 6.07) is 7.52. The van der Waals surface area contributed by atoms with Crippen LogP contribution in [0.15, 0.2) is 24.3 Å². The minimum atomic E-state index is -0.496. The summed E-state index contributed by atoms with van der Waals surface area (Å²) in [7, 11) is 0. The van der Waals surface area contributed by atoms with Crippen molar-refractivity contribution >= 4 is 28.6 Å². The molecule has 1 aromatic rings. The molecule has 1 atom stereocenters. The van der Waals surface area contributed by atoms with Crippen LogP contribution in [0.1, 0.15) is 56.0 Å². The fraction of sp³-hybridized carbons (Fsp3) is 0.533. The van der Waals surface area contributed by atoms with Crippen LogP contribution in [0, 0.1) is 0 Å². The Hall–Kier alpha value is -0.620. The van der Waals surface area contributed by atoms with E-state index in [4.69, 9.17) is 9.78 Å². The first-order valence-corrected chi connectivity index (χ1v) is 7.92. The highest BCUT2D eigenvalue weighted by Crippen LogP contribution is 2.20. The molecule has 0 radical (unpaired) electrons. The lowest BCUT2D eigenvalue weighted by Crippen LogP contribution is -2.21. The van der Waals surface area contributed by atoms with Crippen LogP contribution in [0.2, 0.25) is 0 Å². The summed E-state index contributed by atoms with van der Waals surface area (Å²) in [6.45, 7) is 7.67. The molecule has 0 saturated heterocycles. The SMILES string of the molecule is CC(CCI)c1ccc(C(=O)OOC(C)(C)C)cc1. The number of carbonyl (C=O) groups excluding carboxylic acids is 1. The van der Waals surface area contributed by atoms with Crippen molar-refractivity contribution < 1.29 is 14.6 Å². The summed E-state index contributed by atoms with van der Waals surface area (Å²) in [4.78, 5) is 21.6. The first kappa shape index (κ1) is 16.4. The molecule has 0 spiro atoms. The van der Waals surface area contributed by atoms with Gasteiger partial charge in [-0.2, -0.15) is 4.89 Å². The van der Waals surface area contributed by atoms with Gasteiger partial charge >= 0.3 is 5.97 Å². The lowest BCUT2D eigenvalue weighted by atomic mass is 9.98. The number of benzene rings is 1. The van der Waals surface area contributed by atoms with E-state index in [1.807, 2.05) is 32.9 Å². The van der Waals surface area contributed by atoms with Crippen LogP contribution in [-0.4, -0.2) is 16.0 Å². The molecule has 0 fully saturated rings. The third-order valence-electron chi connectivity index (χ3n) is 2.62. The maximum atomic E-state index is 11.7. The zero-order chi connectivity index (χ0) is 14.5. The summed E-state index contributed by atoms with van der Waals surface area (Å²) >= 11 is 2.37. The van der Waals surface area contributed by atoms with Gasteiger partial charge in [-0.1, -0.05) is 41.6 Å². The summed E-state index contributed by atoms with van der Waals surface area (Å²) in [5, 5.41) is 0. The number of hydrogen-bond acceptors (Lipinski definition) is 3. The van der Waals surface area contributed by atoms with Gasteiger partial charge < -0.3 is 0 Å². The van der Waals surface area contributed by atoms with Crippen molar-refractivity contribution in [3.63, 3.8) is 0 Å². The van der Waals surface area contributed by atoms with Gasteiger partial charge in [-0.3, -0.25) is 4.89 Å². The van der Waals surface area contributed by atoms with Crippen molar-refractivity contribution in [2.24, 2.45) is 0 Å². The molecule has 1 unspecified atom stereocenters. The topological polar surface area (TPSA) is 35.5 Å². The summed E-state index contributed by atoms with van der Waals surface area (Å²) in [5.41, 5.74) is 1.25. The Morgan fingerprint density at radius 3 is 2.32 bits per heavy atom. The largest absolute Gasteiger partial charge is 0.373 e. The molecule has 0 heterocycles. The molecule has 19 heavy (non-hydrogen) atoms. The number of carbonyl (C=O) groups is 1. The van der Waals surface area contributed by atoms with Gasteiger partial charge in [0.15, 0.2) is 0 Å². The van der Waals surface area contributed by atoms with Crippen LogP contribution >= 0.6 is 22.6 Å². The fourth-order valence-electron chi connectivity index (χ4n) is 1.49. The Kier molecular flexibility index (Phi) is 6.26. The van der Waals surface area contributed by atoms with Gasteiger partial charge in [0.25, 0.3) is 0 Å². The van der Waals surface area contributed by atoms with Crippen LogP contribution < -0.4 is 0 Å². The first-order valence-electron chi connectivity index (χ1n) is 6.39. The Bertz CT molecular complexity index is 406. The van der Waals surface area contributed by atoms with E-state index in [-0.39, 0.29) is 0 Å². The van der Waals surface area contributed by atoms with Crippen LogP contribution in [0.25, 0.3) is 0 Å². The Balaban J connectivity index is 2.63. The van der Waals surface area contributed by atoms with E-state index < -0.39 is 11.6 Å². The van der Waals surface area contributed by atoms with Gasteiger partial charge in [0, 0.05) is 4.43 Å². The molecule has 3 nitrogen and oxygen atoms in total. The van der Waals surface area contributed by atoms with Crippen molar-refractivity contribution in [2.45, 2.75) is 45.6 Å². The lowest BCUT2D eigenvalue weighted by molar-refractivity contribution is -0.301. The van der Waals surface area contributed by atoms with Crippen molar-refractivity contribution in [3.05, 3.63) is 35.4 Å². The molecule has 4 heteroatoms. The molecule has 0 aliphatic carbocycles. The number of rotatable bonds is 5. The van der Waals surface area contributed by atoms with Gasteiger partial charge in [0.2, 0.25) is 0 Å². The van der Waals surface area contributed by atoms with Gasteiger partial charge in [-0.15, -0.1) is 0 Å². The molecule has 0 bridgehead atoms. The van der Waals surface area contributed by atoms with Crippen LogP contribution in [0.5, 0.6) is 0 Å². The van der Waals surface area contributed by atoms with E-state index in [1.54, 1.807) is 12.1 Å². The third kappa shape index (κ3) is 5.91. The predicted molar refractivity (Wildman–Crippen MR) is 84.6 cm³/mol. The lowest BCUT2D eigenvalue weighted by Gasteiger charge is -2.16. The predicted octanol–water partition coefficient (Wildman–Crippen LogP) is 4.50. The summed E-state index contributed by atoms with van der Waals surface area (Å²) in [5.74, 6) is 0.0517. The minimum Gasteiger partial charge on any atom is -0.292 e. The molecule has 0 saturated carbocycles. The monoisotopic (exact) mass is 376 g/mol. The second kappa shape index (κ2) is 7.24. The van der Waals surface area contributed by atoms with Crippen LogP contribution in [-0.2, 0) is 9.78 Å². The Morgan fingerprint density at radius 2 is 1.84 bits per heavy atom. The van der Waals surface area contributed by atoms with Crippen molar-refractivity contribution in [1.82, 2.24) is 0 Å². The zero-order valence-electron chi connectivity index (χ0n) is 11.9. The standard InChI is InChI=1S/C15H21IO3/c1-11(9-10-16)12-5-7-13(8-6-12)14(17)18-19-15(2,3)4/h5-8,11H,9-10H2,1-4H3. The Morgan fingerprint density at radius 1 is 1.26 bits per heavy atom. The van der Waals surface area contributed by atoms with E-state index >= 15 is 0 Å². The van der Waals surface area contributed by atoms with Gasteiger partial charge in [-0.25, -0.2) is 4.79 Å². The molecule has 1 rings (SSSR count). The highest BCUT2D eigenvalue weighted by Gasteiger charge is 2.16. The quantitative estimate of drug-likeness (QED) is 0.329. The molecule has 0 amide bonds. The molecular formula is C15H21IO3. The molecule has 0 aliphatic rings. The van der Waals surface area contributed by atoms with E-state index in [0.717, 1.165) is 10.8 Å². The van der Waals surface area contributed by atoms with Gasteiger partial charge in [-0.05, 0) is 50.8 Å². The smallest absolute Gasteiger partial charge is 0.292 e. The highest BCUT2D eigenvalue weighted by atomic mass is 127. The average Bonchev–Trinajstić information content (AvgIpc) is 2.35. The first-order chi connectivity index (χ1) is 8.83. The summed E-state index contributed by atoms with van der Waals surface area (Å²) in [6.07, 6.45) is 1.14. The molecule has 106 valence electrons. The fourth-order valence-corrected chi connectivity index (χ4v) is 2.42. The number of halogens is 1. The molecule has 0 aromatic heterocycles. The minimum absolute atomic E-state index is 0.456. The van der Waals surface area contributed by atoms with Gasteiger partial charge in [0.1, 0.15) is 5.60 Å². The van der Waals surface area contributed by atoms with Crippen molar-refractivity contribution in [3.8, 4) is 0 Å². The number of alkyl halides is 1. The average molecular weight is 376 g/mol. The zero-order valence-corrected chi connectivity index (χ0v) is 14.1. The normalized spacial score (nSPS) is 13.1. The Labute approximate surface area is 128 Å². The molecule has 1 aromatic carbocycles. The second-order valence-electron chi connectivity index (χ2n) is 5.57. The number of hydrogen-bond donors (Lipinski definition) is 0. The van der Waals surface area contributed by atoms with E-state index in [0.29, 0.717) is 11.5 Å². The van der Waals surface area contributed by atoms with Crippen LogP contribution in [0.3, 0.4) is 0 Å². The van der Waals surface area contributed by atoms with Crippen molar-refractivity contribution in [1.29, 1.82) is 0 Å². The van der Waals surface area contributed by atoms with E-state index in [9.17, 15) is 4.79 Å². The highest BCUT2D eigenvalue weighted by molar-refractivity contribution is 14.1. The maximum absolute atomic E-state index is 11.7. The maximum Gasteiger partial charge on any atom is 0.373 e. The summed E-state index contributed by atoms with van der Waals surface area (Å²) < 4.78 is 1.13.